The summed E-state index contributed by atoms with van der Waals surface area (Å²) in [5.74, 6) is 1.28. The normalized spacial score (nSPS) is 24.0. The number of hydrogen-bond donors (Lipinski definition) is 1. The first-order valence-corrected chi connectivity index (χ1v) is 8.59. The summed E-state index contributed by atoms with van der Waals surface area (Å²) in [7, 11) is 0. The monoisotopic (exact) mass is 292 g/mol. The van der Waals surface area contributed by atoms with Crippen molar-refractivity contribution in [3.05, 3.63) is 29.8 Å². The summed E-state index contributed by atoms with van der Waals surface area (Å²) < 4.78 is 14.1. The van der Waals surface area contributed by atoms with Crippen LogP contribution in [0.25, 0.3) is 0 Å². The van der Waals surface area contributed by atoms with Crippen LogP contribution in [-0.2, 0) is 0 Å². The molecule has 0 radical (unpaired) electrons. The van der Waals surface area contributed by atoms with Gasteiger partial charge in [0.1, 0.15) is 5.82 Å². The van der Waals surface area contributed by atoms with E-state index in [1.165, 1.54) is 51.1 Å². The minimum absolute atomic E-state index is 0.144. The van der Waals surface area contributed by atoms with E-state index >= 15 is 0 Å². The molecule has 1 aromatic rings. The average Bonchev–Trinajstić information content (AvgIpc) is 2.52. The first kappa shape index (κ1) is 16.4. The van der Waals surface area contributed by atoms with Gasteiger partial charge < -0.3 is 5.32 Å². The molecule has 3 heteroatoms. The highest BCUT2D eigenvalue weighted by Gasteiger charge is 2.29. The van der Waals surface area contributed by atoms with Crippen LogP contribution in [0.1, 0.15) is 70.4 Å². The van der Waals surface area contributed by atoms with Crippen LogP contribution in [0.2, 0.25) is 0 Å². The summed E-state index contributed by atoms with van der Waals surface area (Å²) in [4.78, 5) is 3.88. The second-order valence-electron chi connectivity index (χ2n) is 6.36. The quantitative estimate of drug-likeness (QED) is 0.775. The number of nitrogens with zero attached hydrogens (tertiary/aromatic N) is 1. The maximum absolute atomic E-state index is 14.1. The molecule has 0 spiro atoms. The second kappa shape index (κ2) is 8.47. The van der Waals surface area contributed by atoms with E-state index in [9.17, 15) is 4.39 Å². The Balaban J connectivity index is 1.99. The van der Waals surface area contributed by atoms with Gasteiger partial charge in [0.15, 0.2) is 0 Å². The van der Waals surface area contributed by atoms with Gasteiger partial charge in [0.05, 0.1) is 6.20 Å². The minimum atomic E-state index is -0.170. The van der Waals surface area contributed by atoms with E-state index in [0.29, 0.717) is 5.92 Å². The van der Waals surface area contributed by atoms with Crippen molar-refractivity contribution in [2.45, 2.75) is 64.8 Å². The smallest absolute Gasteiger partial charge is 0.146 e. The highest BCUT2D eigenvalue weighted by atomic mass is 19.1. The fourth-order valence-corrected chi connectivity index (χ4v) is 3.69. The molecule has 1 atom stereocenters. The predicted octanol–water partition coefficient (Wildman–Crippen LogP) is 4.87. The number of hydrogen-bond acceptors (Lipinski definition) is 2. The van der Waals surface area contributed by atoms with Crippen molar-refractivity contribution in [3.8, 4) is 0 Å². The van der Waals surface area contributed by atoms with Crippen molar-refractivity contribution in [1.82, 2.24) is 10.3 Å². The Morgan fingerprint density at radius 3 is 2.67 bits per heavy atom. The van der Waals surface area contributed by atoms with Gasteiger partial charge in [-0.2, -0.15) is 0 Å². The zero-order valence-corrected chi connectivity index (χ0v) is 13.4. The third-order valence-electron chi connectivity index (χ3n) is 4.89. The van der Waals surface area contributed by atoms with Gasteiger partial charge in [-0.05, 0) is 37.3 Å². The molecule has 1 fully saturated rings. The topological polar surface area (TPSA) is 24.9 Å². The Bertz CT molecular complexity index is 413. The summed E-state index contributed by atoms with van der Waals surface area (Å²) >= 11 is 0. The van der Waals surface area contributed by atoms with Crippen LogP contribution in [-0.4, -0.2) is 11.5 Å². The molecular weight excluding hydrogens is 263 g/mol. The molecule has 118 valence electrons. The van der Waals surface area contributed by atoms with Gasteiger partial charge in [-0.3, -0.25) is 4.98 Å². The van der Waals surface area contributed by atoms with Crippen molar-refractivity contribution in [2.24, 2.45) is 11.8 Å². The van der Waals surface area contributed by atoms with Gasteiger partial charge in [-0.1, -0.05) is 46.0 Å². The van der Waals surface area contributed by atoms with Crippen LogP contribution in [0.4, 0.5) is 4.39 Å². The van der Waals surface area contributed by atoms with Crippen molar-refractivity contribution in [1.29, 1.82) is 0 Å². The second-order valence-corrected chi connectivity index (χ2v) is 6.36. The number of nitrogens with one attached hydrogen (secondary N) is 1. The van der Waals surface area contributed by atoms with E-state index in [0.717, 1.165) is 18.0 Å². The third-order valence-corrected chi connectivity index (χ3v) is 4.89. The lowest BCUT2D eigenvalue weighted by Crippen LogP contribution is -2.31. The Hall–Kier alpha value is -0.960. The lowest BCUT2D eigenvalue weighted by Gasteiger charge is -2.34. The van der Waals surface area contributed by atoms with Crippen LogP contribution in [0.15, 0.2) is 18.5 Å². The minimum Gasteiger partial charge on any atom is -0.310 e. The summed E-state index contributed by atoms with van der Waals surface area (Å²) in [5, 5.41) is 3.50. The van der Waals surface area contributed by atoms with Crippen molar-refractivity contribution < 1.29 is 4.39 Å². The van der Waals surface area contributed by atoms with Gasteiger partial charge in [0.25, 0.3) is 0 Å². The molecule has 1 unspecified atom stereocenters. The molecule has 0 amide bonds. The largest absolute Gasteiger partial charge is 0.310 e. The Morgan fingerprint density at radius 1 is 1.29 bits per heavy atom. The van der Waals surface area contributed by atoms with Crippen LogP contribution in [0, 0.1) is 17.7 Å². The molecule has 1 saturated carbocycles. The SMILES string of the molecule is CCCCC1CCC(C(NCC)c2ccncc2F)CC1. The average molecular weight is 292 g/mol. The molecule has 2 rings (SSSR count). The summed E-state index contributed by atoms with van der Waals surface area (Å²) in [5.41, 5.74) is 0.795. The molecule has 0 bridgehead atoms. The fraction of sp³-hybridized carbons (Fsp3) is 0.722. The molecule has 1 aromatic heterocycles. The predicted molar refractivity (Wildman–Crippen MR) is 85.6 cm³/mol. The molecule has 0 saturated heterocycles. The van der Waals surface area contributed by atoms with E-state index in [1.54, 1.807) is 6.20 Å². The van der Waals surface area contributed by atoms with Gasteiger partial charge in [0.2, 0.25) is 0 Å². The molecule has 1 heterocycles. The molecule has 1 aliphatic rings. The van der Waals surface area contributed by atoms with E-state index in [4.69, 9.17) is 0 Å². The maximum Gasteiger partial charge on any atom is 0.146 e. The number of aromatic nitrogens is 1. The molecule has 2 nitrogen and oxygen atoms in total. The van der Waals surface area contributed by atoms with Gasteiger partial charge >= 0.3 is 0 Å². The van der Waals surface area contributed by atoms with Gasteiger partial charge in [-0.15, -0.1) is 0 Å². The van der Waals surface area contributed by atoms with Crippen LogP contribution in [0.5, 0.6) is 0 Å². The molecule has 21 heavy (non-hydrogen) atoms. The maximum atomic E-state index is 14.1. The van der Waals surface area contributed by atoms with Crippen molar-refractivity contribution in [2.75, 3.05) is 6.54 Å². The Labute approximate surface area is 128 Å². The third kappa shape index (κ3) is 4.50. The summed E-state index contributed by atoms with van der Waals surface area (Å²) in [6.45, 7) is 5.24. The lowest BCUT2D eigenvalue weighted by molar-refractivity contribution is 0.212. The first-order valence-electron chi connectivity index (χ1n) is 8.59. The summed E-state index contributed by atoms with van der Waals surface area (Å²) in [6, 6.07) is 1.98. The van der Waals surface area contributed by atoms with Crippen LogP contribution < -0.4 is 5.32 Å². The molecule has 0 aliphatic heterocycles. The molecule has 0 aromatic carbocycles. The molecule has 1 aliphatic carbocycles. The van der Waals surface area contributed by atoms with Gasteiger partial charge in [0, 0.05) is 17.8 Å². The number of rotatable bonds is 7. The molecule has 1 N–H and O–H groups in total. The van der Waals surface area contributed by atoms with E-state index in [2.05, 4.69) is 24.1 Å². The number of halogens is 1. The van der Waals surface area contributed by atoms with Gasteiger partial charge in [-0.25, -0.2) is 4.39 Å². The van der Waals surface area contributed by atoms with E-state index < -0.39 is 0 Å². The Morgan fingerprint density at radius 2 is 2.05 bits per heavy atom. The highest BCUT2D eigenvalue weighted by molar-refractivity contribution is 5.18. The standard InChI is InChI=1S/C18H29FN2/c1-3-5-6-14-7-9-15(10-8-14)18(21-4-2)16-11-12-20-13-17(16)19/h11-15,18,21H,3-10H2,1-2H3. The fourth-order valence-electron chi connectivity index (χ4n) is 3.69. The summed E-state index contributed by atoms with van der Waals surface area (Å²) in [6.07, 6.45) is 12.1. The van der Waals surface area contributed by atoms with E-state index in [1.807, 2.05) is 6.07 Å². The zero-order chi connectivity index (χ0) is 15.1. The van der Waals surface area contributed by atoms with Crippen LogP contribution in [0.3, 0.4) is 0 Å². The van der Waals surface area contributed by atoms with Crippen LogP contribution >= 0.6 is 0 Å². The molecular formula is C18H29FN2. The number of unbranched alkanes of at least 4 members (excludes halogenated alkanes) is 1. The lowest BCUT2D eigenvalue weighted by atomic mass is 9.75. The van der Waals surface area contributed by atoms with Crippen molar-refractivity contribution >= 4 is 0 Å². The Kier molecular flexibility index (Phi) is 6.62. The first-order chi connectivity index (χ1) is 10.3. The van der Waals surface area contributed by atoms with Crippen molar-refractivity contribution in [3.63, 3.8) is 0 Å². The zero-order valence-electron chi connectivity index (χ0n) is 13.4. The highest BCUT2D eigenvalue weighted by Crippen LogP contribution is 2.39. The number of pyridine rings is 1. The van der Waals surface area contributed by atoms with E-state index in [-0.39, 0.29) is 11.9 Å².